The Kier molecular flexibility index (Phi) is 5.54. The lowest BCUT2D eigenvalue weighted by molar-refractivity contribution is 0.476. The van der Waals surface area contributed by atoms with Gasteiger partial charge in [-0.15, -0.1) is 0 Å². The van der Waals surface area contributed by atoms with E-state index in [1.165, 1.54) is 0 Å². The number of para-hydroxylation sites is 1. The number of benzene rings is 2. The lowest BCUT2D eigenvalue weighted by Crippen LogP contribution is -2.71. The summed E-state index contributed by atoms with van der Waals surface area (Å²) in [5.41, 5.74) is 0.924. The van der Waals surface area contributed by atoms with Gasteiger partial charge in [0.1, 0.15) is 8.24 Å². The zero-order chi connectivity index (χ0) is 18.0. The van der Waals surface area contributed by atoms with Gasteiger partial charge in [-0.1, -0.05) is 68.2 Å². The van der Waals surface area contributed by atoms with Gasteiger partial charge in [0.15, 0.2) is 8.32 Å². The first-order valence-electron chi connectivity index (χ1n) is 8.34. The first kappa shape index (κ1) is 19.1. The zero-order valence-corrected chi connectivity index (χ0v) is 18.5. The zero-order valence-electron chi connectivity index (χ0n) is 15.5. The van der Waals surface area contributed by atoms with Crippen molar-refractivity contribution in [2.24, 2.45) is 0 Å². The molecule has 1 atom stereocenters. The summed E-state index contributed by atoms with van der Waals surface area (Å²) in [5.74, 6) is 0. The molecule has 0 fully saturated rings. The molecular formula is C18H28FNOSi3. The van der Waals surface area contributed by atoms with Crippen LogP contribution in [-0.2, 0) is 4.12 Å². The van der Waals surface area contributed by atoms with Gasteiger partial charge in [0, 0.05) is 10.9 Å². The van der Waals surface area contributed by atoms with Crippen LogP contribution in [0.5, 0.6) is 0 Å². The minimum Gasteiger partial charge on any atom is -0.415 e. The van der Waals surface area contributed by atoms with Crippen LogP contribution in [0.1, 0.15) is 0 Å². The lowest BCUT2D eigenvalue weighted by atomic mass is 10.3. The van der Waals surface area contributed by atoms with Gasteiger partial charge in [-0.25, -0.2) is 4.11 Å². The molecule has 2 aromatic carbocycles. The molecule has 0 aromatic heterocycles. The van der Waals surface area contributed by atoms with E-state index in [1.54, 1.807) is 0 Å². The molecule has 2 rings (SSSR count). The summed E-state index contributed by atoms with van der Waals surface area (Å²) >= 11 is 0. The van der Waals surface area contributed by atoms with E-state index in [9.17, 15) is 0 Å². The molecule has 0 saturated heterocycles. The topological polar surface area (TPSA) is 12.5 Å². The summed E-state index contributed by atoms with van der Waals surface area (Å²) in [5, 5.41) is 0.693. The Labute approximate surface area is 148 Å². The van der Waals surface area contributed by atoms with Crippen LogP contribution in [0, 0.1) is 0 Å². The summed E-state index contributed by atoms with van der Waals surface area (Å²) < 4.78 is 25.1. The van der Waals surface area contributed by atoms with Crippen LogP contribution in [0.15, 0.2) is 60.7 Å². The third-order valence-electron chi connectivity index (χ3n) is 3.54. The second-order valence-electron chi connectivity index (χ2n) is 7.98. The average molecular weight is 378 g/mol. The molecule has 0 radical (unpaired) electrons. The Morgan fingerprint density at radius 1 is 0.750 bits per heavy atom. The molecule has 6 heteroatoms. The molecule has 0 saturated carbocycles. The summed E-state index contributed by atoms with van der Waals surface area (Å²) in [6.07, 6.45) is 0. The number of anilines is 1. The average Bonchev–Trinajstić information content (AvgIpc) is 2.46. The highest BCUT2D eigenvalue weighted by molar-refractivity contribution is 7.03. The predicted octanol–water partition coefficient (Wildman–Crippen LogP) is 5.00. The van der Waals surface area contributed by atoms with Gasteiger partial charge in [0.25, 0.3) is 0 Å². The molecule has 0 aliphatic rings. The largest absolute Gasteiger partial charge is 0.515 e. The molecular weight excluding hydrogens is 349 g/mol. The van der Waals surface area contributed by atoms with Gasteiger partial charge in [0.05, 0.1) is 0 Å². The van der Waals surface area contributed by atoms with Crippen molar-refractivity contribution in [3.05, 3.63) is 60.7 Å². The minimum atomic E-state index is -3.81. The van der Waals surface area contributed by atoms with Crippen molar-refractivity contribution in [1.29, 1.82) is 0 Å². The van der Waals surface area contributed by atoms with Crippen LogP contribution >= 0.6 is 0 Å². The van der Waals surface area contributed by atoms with Crippen molar-refractivity contribution in [1.82, 2.24) is 0 Å². The molecule has 0 amide bonds. The Hall–Kier alpha value is -1.22. The molecule has 0 heterocycles. The molecule has 24 heavy (non-hydrogen) atoms. The van der Waals surface area contributed by atoms with E-state index >= 15 is 4.11 Å². The van der Waals surface area contributed by atoms with Crippen LogP contribution in [0.2, 0.25) is 39.3 Å². The van der Waals surface area contributed by atoms with Gasteiger partial charge >= 0.3 is 8.81 Å². The number of rotatable bonds is 6. The van der Waals surface area contributed by atoms with Crippen molar-refractivity contribution in [3.8, 4) is 0 Å². The Morgan fingerprint density at radius 3 is 1.62 bits per heavy atom. The fourth-order valence-electron chi connectivity index (χ4n) is 2.84. The van der Waals surface area contributed by atoms with Crippen molar-refractivity contribution in [2.45, 2.75) is 39.3 Å². The summed E-state index contributed by atoms with van der Waals surface area (Å²) in [6.45, 7) is 12.7. The predicted molar refractivity (Wildman–Crippen MR) is 110 cm³/mol. The second kappa shape index (κ2) is 6.95. The molecule has 0 aliphatic carbocycles. The summed E-state index contributed by atoms with van der Waals surface area (Å²) in [7, 11) is -7.92. The fraction of sp³-hybridized carbons (Fsp3) is 0.333. The van der Waals surface area contributed by atoms with E-state index in [2.05, 4.69) is 39.3 Å². The minimum absolute atomic E-state index is 0.693. The highest BCUT2D eigenvalue weighted by Crippen LogP contribution is 2.31. The summed E-state index contributed by atoms with van der Waals surface area (Å²) in [4.78, 5) is 0. The van der Waals surface area contributed by atoms with Crippen LogP contribution in [0.25, 0.3) is 0 Å². The van der Waals surface area contributed by atoms with Crippen molar-refractivity contribution in [2.75, 3.05) is 4.23 Å². The Balaban J connectivity index is 2.66. The molecule has 2 nitrogen and oxygen atoms in total. The van der Waals surface area contributed by atoms with Gasteiger partial charge in [-0.05, 0) is 31.8 Å². The van der Waals surface area contributed by atoms with E-state index in [-0.39, 0.29) is 0 Å². The fourth-order valence-corrected chi connectivity index (χ4v) is 13.4. The molecule has 130 valence electrons. The van der Waals surface area contributed by atoms with E-state index < -0.39 is 25.4 Å². The van der Waals surface area contributed by atoms with Gasteiger partial charge in [-0.2, -0.15) is 0 Å². The molecule has 2 aromatic rings. The smallest absolute Gasteiger partial charge is 0.415 e. The maximum absolute atomic E-state index is 16.8. The first-order valence-corrected chi connectivity index (χ1v) is 16.9. The van der Waals surface area contributed by atoms with Gasteiger partial charge in [-0.3, -0.25) is 0 Å². The lowest BCUT2D eigenvalue weighted by Gasteiger charge is -2.46. The third-order valence-corrected chi connectivity index (χ3v) is 13.4. The number of hydrogen-bond donors (Lipinski definition) is 0. The highest BCUT2D eigenvalue weighted by Gasteiger charge is 2.53. The van der Waals surface area contributed by atoms with E-state index in [1.807, 2.05) is 64.9 Å². The molecule has 0 aliphatic heterocycles. The highest BCUT2D eigenvalue weighted by atomic mass is 28.5. The van der Waals surface area contributed by atoms with Crippen molar-refractivity contribution >= 4 is 36.2 Å². The van der Waals surface area contributed by atoms with Gasteiger partial charge < -0.3 is 8.35 Å². The Morgan fingerprint density at radius 2 is 1.21 bits per heavy atom. The van der Waals surface area contributed by atoms with E-state index in [0.29, 0.717) is 5.19 Å². The maximum Gasteiger partial charge on any atom is 0.515 e. The van der Waals surface area contributed by atoms with Crippen LogP contribution < -0.4 is 9.42 Å². The summed E-state index contributed by atoms with van der Waals surface area (Å²) in [6, 6.07) is 19.4. The number of nitrogens with zero attached hydrogens (tertiary/aromatic N) is 1. The normalized spacial score (nSPS) is 15.0. The quantitative estimate of drug-likeness (QED) is 0.519. The van der Waals surface area contributed by atoms with Gasteiger partial charge in [0.2, 0.25) is 0 Å². The van der Waals surface area contributed by atoms with Crippen LogP contribution in [0.4, 0.5) is 9.80 Å². The van der Waals surface area contributed by atoms with Crippen LogP contribution in [0.3, 0.4) is 0 Å². The molecule has 0 bridgehead atoms. The monoisotopic (exact) mass is 377 g/mol. The third kappa shape index (κ3) is 4.44. The first-order chi connectivity index (χ1) is 11.0. The molecule has 0 N–H and O–H groups in total. The van der Waals surface area contributed by atoms with E-state index in [0.717, 1.165) is 5.69 Å². The van der Waals surface area contributed by atoms with Crippen molar-refractivity contribution < 1.29 is 8.22 Å². The SMILES string of the molecule is C[Si](C)(C)O[Si](F)(c1ccccc1)N(c1ccccc1)[Si](C)(C)C. The number of halogens is 1. The van der Waals surface area contributed by atoms with Crippen LogP contribution in [-0.4, -0.2) is 25.4 Å². The standard InChI is InChI=1S/C18H28FNOSi3/c1-22(2,3)20(17-13-9-7-10-14-17)24(19,21-23(4,5)6)18-15-11-8-12-16-18/h7-16H,1-6H3. The van der Waals surface area contributed by atoms with E-state index in [4.69, 9.17) is 4.12 Å². The van der Waals surface area contributed by atoms with Crippen molar-refractivity contribution in [3.63, 3.8) is 0 Å². The molecule has 1 unspecified atom stereocenters. The number of hydrogen-bond acceptors (Lipinski definition) is 2. The molecule has 0 spiro atoms. The second-order valence-corrected chi connectivity index (χ2v) is 20.4. The maximum atomic E-state index is 16.8. The Bertz CT molecular complexity index is 655.